The van der Waals surface area contributed by atoms with Crippen LogP contribution in [0.4, 0.5) is 5.69 Å². The molecule has 0 saturated carbocycles. The molecular weight excluding hydrogens is 284 g/mol. The van der Waals surface area contributed by atoms with Crippen LogP contribution in [0.3, 0.4) is 0 Å². The lowest BCUT2D eigenvalue weighted by Crippen LogP contribution is -2.24. The molecule has 0 bridgehead atoms. The second kappa shape index (κ2) is 9.05. The van der Waals surface area contributed by atoms with Gasteiger partial charge in [0.1, 0.15) is 0 Å². The van der Waals surface area contributed by atoms with Gasteiger partial charge in [-0.1, -0.05) is 33.6 Å². The fourth-order valence-corrected chi connectivity index (χ4v) is 3.12. The first-order valence-electron chi connectivity index (χ1n) is 7.79. The molecule has 0 fully saturated rings. The summed E-state index contributed by atoms with van der Waals surface area (Å²) in [6.07, 6.45) is 4.39. The smallest absolute Gasteiger partial charge is 0.240 e. The first-order valence-corrected chi connectivity index (χ1v) is 9.27. The van der Waals surface area contributed by atoms with Crippen molar-refractivity contribution in [2.75, 3.05) is 18.4 Å². The monoisotopic (exact) mass is 312 g/mol. The molecule has 21 heavy (non-hydrogen) atoms. The highest BCUT2D eigenvalue weighted by Gasteiger charge is 2.12. The molecule has 0 aromatic heterocycles. The fourth-order valence-electron chi connectivity index (χ4n) is 1.98. The van der Waals surface area contributed by atoms with Crippen LogP contribution in [0.1, 0.15) is 46.5 Å². The minimum atomic E-state index is -3.36. The highest BCUT2D eigenvalue weighted by atomic mass is 32.2. The summed E-state index contributed by atoms with van der Waals surface area (Å²) < 4.78 is 26.4. The first-order chi connectivity index (χ1) is 9.95. The minimum absolute atomic E-state index is 0.321. The molecule has 120 valence electrons. The van der Waals surface area contributed by atoms with Gasteiger partial charge in [0.05, 0.1) is 4.90 Å². The van der Waals surface area contributed by atoms with E-state index in [0.717, 1.165) is 31.0 Å². The van der Waals surface area contributed by atoms with Crippen LogP contribution in [-0.4, -0.2) is 21.5 Å². The third-order valence-electron chi connectivity index (χ3n) is 3.24. The van der Waals surface area contributed by atoms with Gasteiger partial charge in [0.2, 0.25) is 10.0 Å². The van der Waals surface area contributed by atoms with Gasteiger partial charge in [-0.3, -0.25) is 0 Å². The van der Waals surface area contributed by atoms with E-state index >= 15 is 0 Å². The molecule has 0 aliphatic carbocycles. The number of unbranched alkanes of at least 4 members (excludes halogenated alkanes) is 1. The predicted octanol–water partition coefficient (Wildman–Crippen LogP) is 3.61. The Balaban J connectivity index is 2.43. The average Bonchev–Trinajstić information content (AvgIpc) is 2.45. The fraction of sp³-hybridized carbons (Fsp3) is 0.625. The molecule has 0 aliphatic rings. The SMILES string of the molecule is CCCNS(=O)(=O)c1ccc(NCCCCC(C)C)cc1. The third-order valence-corrected chi connectivity index (χ3v) is 4.72. The maximum absolute atomic E-state index is 11.9. The molecule has 0 unspecified atom stereocenters. The van der Waals surface area contributed by atoms with Crippen LogP contribution in [0.25, 0.3) is 0 Å². The van der Waals surface area contributed by atoms with Crippen molar-refractivity contribution in [1.82, 2.24) is 4.72 Å². The van der Waals surface area contributed by atoms with E-state index in [1.165, 1.54) is 12.8 Å². The van der Waals surface area contributed by atoms with Crippen molar-refractivity contribution in [3.63, 3.8) is 0 Å². The second-order valence-electron chi connectivity index (χ2n) is 5.74. The Morgan fingerprint density at radius 1 is 1.05 bits per heavy atom. The zero-order valence-electron chi connectivity index (χ0n) is 13.4. The van der Waals surface area contributed by atoms with E-state index < -0.39 is 10.0 Å². The maximum Gasteiger partial charge on any atom is 0.240 e. The summed E-state index contributed by atoms with van der Waals surface area (Å²) in [5.41, 5.74) is 0.967. The number of benzene rings is 1. The van der Waals surface area contributed by atoms with E-state index in [-0.39, 0.29) is 0 Å². The minimum Gasteiger partial charge on any atom is -0.385 e. The van der Waals surface area contributed by atoms with Gasteiger partial charge in [-0.2, -0.15) is 0 Å². The van der Waals surface area contributed by atoms with Crippen molar-refractivity contribution in [3.8, 4) is 0 Å². The van der Waals surface area contributed by atoms with E-state index in [2.05, 4.69) is 23.9 Å². The Hall–Kier alpha value is -1.07. The van der Waals surface area contributed by atoms with Gasteiger partial charge < -0.3 is 5.32 Å². The van der Waals surface area contributed by atoms with Crippen LogP contribution < -0.4 is 10.0 Å². The molecule has 0 heterocycles. The second-order valence-corrected chi connectivity index (χ2v) is 7.51. The van der Waals surface area contributed by atoms with Gasteiger partial charge in [0.15, 0.2) is 0 Å². The Morgan fingerprint density at radius 2 is 1.71 bits per heavy atom. The Kier molecular flexibility index (Phi) is 7.75. The molecule has 5 heteroatoms. The molecule has 0 amide bonds. The van der Waals surface area contributed by atoms with Gasteiger partial charge >= 0.3 is 0 Å². The van der Waals surface area contributed by atoms with Crippen molar-refractivity contribution in [2.45, 2.75) is 51.3 Å². The highest BCUT2D eigenvalue weighted by molar-refractivity contribution is 7.89. The molecule has 1 aromatic rings. The van der Waals surface area contributed by atoms with Gasteiger partial charge in [0.25, 0.3) is 0 Å². The number of rotatable bonds is 10. The summed E-state index contributed by atoms with van der Waals surface area (Å²) in [6.45, 7) is 7.80. The number of sulfonamides is 1. The van der Waals surface area contributed by atoms with E-state index in [4.69, 9.17) is 0 Å². The molecular formula is C16H28N2O2S. The molecule has 1 rings (SSSR count). The molecule has 1 aromatic carbocycles. The van der Waals surface area contributed by atoms with Gasteiger partial charge in [-0.05, 0) is 43.0 Å². The van der Waals surface area contributed by atoms with E-state index in [9.17, 15) is 8.42 Å². The quantitative estimate of drug-likeness (QED) is 0.649. The Labute approximate surface area is 129 Å². The number of hydrogen-bond donors (Lipinski definition) is 2. The molecule has 0 atom stereocenters. The summed E-state index contributed by atoms with van der Waals surface area (Å²) in [4.78, 5) is 0.321. The molecule has 0 radical (unpaired) electrons. The van der Waals surface area contributed by atoms with Gasteiger partial charge in [0, 0.05) is 18.8 Å². The predicted molar refractivity (Wildman–Crippen MR) is 89.1 cm³/mol. The highest BCUT2D eigenvalue weighted by Crippen LogP contribution is 2.14. The van der Waals surface area contributed by atoms with Crippen LogP contribution in [0.5, 0.6) is 0 Å². The zero-order chi connectivity index (χ0) is 15.7. The van der Waals surface area contributed by atoms with Crippen LogP contribution in [-0.2, 0) is 10.0 Å². The van der Waals surface area contributed by atoms with Crippen LogP contribution in [0, 0.1) is 5.92 Å². The van der Waals surface area contributed by atoms with Crippen molar-refractivity contribution in [2.24, 2.45) is 5.92 Å². The van der Waals surface area contributed by atoms with Crippen molar-refractivity contribution < 1.29 is 8.42 Å². The maximum atomic E-state index is 11.9. The summed E-state index contributed by atoms with van der Waals surface area (Å²) in [5.74, 6) is 0.755. The lowest BCUT2D eigenvalue weighted by atomic mass is 10.1. The third kappa shape index (κ3) is 6.96. The summed E-state index contributed by atoms with van der Waals surface area (Å²) in [5, 5.41) is 3.32. The van der Waals surface area contributed by atoms with Crippen LogP contribution in [0.15, 0.2) is 29.2 Å². The molecule has 2 N–H and O–H groups in total. The average molecular weight is 312 g/mol. The van der Waals surface area contributed by atoms with Crippen LogP contribution in [0.2, 0.25) is 0 Å². The molecule has 0 spiro atoms. The standard InChI is InChI=1S/C16H28N2O2S/c1-4-12-18-21(19,20)16-10-8-15(9-11-16)17-13-6-5-7-14(2)3/h8-11,14,17-18H,4-7,12-13H2,1-3H3. The topological polar surface area (TPSA) is 58.2 Å². The molecule has 0 saturated heterocycles. The zero-order valence-corrected chi connectivity index (χ0v) is 14.2. The summed E-state index contributed by atoms with van der Waals surface area (Å²) in [6, 6.07) is 6.94. The Morgan fingerprint density at radius 3 is 2.29 bits per heavy atom. The van der Waals surface area contributed by atoms with E-state index in [1.807, 2.05) is 19.1 Å². The normalized spacial score (nSPS) is 11.8. The number of anilines is 1. The van der Waals surface area contributed by atoms with E-state index in [1.54, 1.807) is 12.1 Å². The first kappa shape index (κ1) is 18.0. The largest absolute Gasteiger partial charge is 0.385 e. The lowest BCUT2D eigenvalue weighted by Gasteiger charge is -2.09. The van der Waals surface area contributed by atoms with Crippen LogP contribution >= 0.6 is 0 Å². The number of nitrogens with one attached hydrogen (secondary N) is 2. The summed E-state index contributed by atoms with van der Waals surface area (Å²) in [7, 11) is -3.36. The number of hydrogen-bond acceptors (Lipinski definition) is 3. The Bertz CT molecular complexity index is 496. The molecule has 0 aliphatic heterocycles. The van der Waals surface area contributed by atoms with E-state index in [0.29, 0.717) is 11.4 Å². The van der Waals surface area contributed by atoms with Gasteiger partial charge in [-0.25, -0.2) is 13.1 Å². The molecule has 4 nitrogen and oxygen atoms in total. The van der Waals surface area contributed by atoms with Crippen molar-refractivity contribution >= 4 is 15.7 Å². The van der Waals surface area contributed by atoms with Crippen molar-refractivity contribution in [3.05, 3.63) is 24.3 Å². The van der Waals surface area contributed by atoms with Gasteiger partial charge in [-0.15, -0.1) is 0 Å². The van der Waals surface area contributed by atoms with Crippen molar-refractivity contribution in [1.29, 1.82) is 0 Å². The lowest BCUT2D eigenvalue weighted by molar-refractivity contribution is 0.545. The summed E-state index contributed by atoms with van der Waals surface area (Å²) >= 11 is 0.